The van der Waals surface area contributed by atoms with Gasteiger partial charge in [0, 0.05) is 16.5 Å². The lowest BCUT2D eigenvalue weighted by atomic mass is 10.1. The van der Waals surface area contributed by atoms with Gasteiger partial charge in [-0.05, 0) is 29.6 Å². The zero-order valence-corrected chi connectivity index (χ0v) is 14.1. The maximum absolute atomic E-state index is 11.8. The highest BCUT2D eigenvalue weighted by Gasteiger charge is 2.15. The minimum Gasteiger partial charge on any atom is -0.486 e. The second-order valence-corrected chi connectivity index (χ2v) is 6.49. The Hall–Kier alpha value is -2.80. The van der Waals surface area contributed by atoms with E-state index in [1.165, 1.54) is 11.3 Å². The van der Waals surface area contributed by atoms with Crippen molar-refractivity contribution in [3.05, 3.63) is 52.3 Å². The Kier molecular flexibility index (Phi) is 4.39. The highest BCUT2D eigenvalue weighted by atomic mass is 32.1. The first-order valence-electron chi connectivity index (χ1n) is 7.81. The average molecular weight is 357 g/mol. The summed E-state index contributed by atoms with van der Waals surface area (Å²) in [6.07, 6.45) is 0.268. The number of hydrogen-bond acceptors (Lipinski definition) is 7. The number of nitrogens with zero attached hydrogens (tertiary/aromatic N) is 1. The van der Waals surface area contributed by atoms with Crippen molar-refractivity contribution in [3.8, 4) is 22.8 Å². The summed E-state index contributed by atoms with van der Waals surface area (Å²) in [5, 5.41) is 5.88. The minimum atomic E-state index is -0.286. The topological polar surface area (TPSA) is 70.8 Å². The number of fused-ring (bicyclic) bond motifs is 1. The largest absolute Gasteiger partial charge is 0.486 e. The third kappa shape index (κ3) is 3.66. The van der Waals surface area contributed by atoms with Crippen molar-refractivity contribution in [2.75, 3.05) is 13.2 Å². The van der Waals surface area contributed by atoms with Gasteiger partial charge in [0.25, 0.3) is 0 Å². The molecule has 25 heavy (non-hydrogen) atoms. The Morgan fingerprint density at radius 3 is 2.88 bits per heavy atom. The number of carbonyl (C=O) groups is 1. The fourth-order valence-electron chi connectivity index (χ4n) is 2.47. The van der Waals surface area contributed by atoms with E-state index in [0.717, 1.165) is 16.2 Å². The molecule has 0 radical (unpaired) electrons. The molecule has 0 aliphatic carbocycles. The highest BCUT2D eigenvalue weighted by Crippen LogP contribution is 2.34. The van der Waals surface area contributed by atoms with E-state index in [4.69, 9.17) is 18.7 Å². The Morgan fingerprint density at radius 1 is 1.16 bits per heavy atom. The van der Waals surface area contributed by atoms with Gasteiger partial charge in [-0.1, -0.05) is 11.2 Å². The van der Waals surface area contributed by atoms with Crippen LogP contribution in [0.1, 0.15) is 10.6 Å². The van der Waals surface area contributed by atoms with Crippen LogP contribution in [0.4, 0.5) is 0 Å². The molecule has 0 unspecified atom stereocenters. The van der Waals surface area contributed by atoms with Crippen molar-refractivity contribution >= 4 is 17.3 Å². The molecule has 0 atom stereocenters. The quantitative estimate of drug-likeness (QED) is 0.651. The van der Waals surface area contributed by atoms with E-state index in [1.54, 1.807) is 6.07 Å². The number of aromatic nitrogens is 1. The molecular formula is C18H15NO5S. The lowest BCUT2D eigenvalue weighted by Crippen LogP contribution is -2.15. The van der Waals surface area contributed by atoms with Crippen LogP contribution in [0.25, 0.3) is 11.3 Å². The number of carbonyl (C=O) groups excluding carboxylic acids is 1. The maximum Gasteiger partial charge on any atom is 0.311 e. The third-order valence-corrected chi connectivity index (χ3v) is 4.54. The summed E-state index contributed by atoms with van der Waals surface area (Å²) in [7, 11) is 0. The van der Waals surface area contributed by atoms with Crippen LogP contribution in [0.5, 0.6) is 11.5 Å². The van der Waals surface area contributed by atoms with Gasteiger partial charge in [-0.15, -0.1) is 11.3 Å². The molecule has 6 nitrogen and oxygen atoms in total. The Labute approximate surface area is 147 Å². The summed E-state index contributed by atoms with van der Waals surface area (Å²) >= 11 is 1.53. The van der Waals surface area contributed by atoms with Crippen LogP contribution in [0, 0.1) is 0 Å². The van der Waals surface area contributed by atoms with Crippen LogP contribution < -0.4 is 9.47 Å². The molecule has 1 aliphatic heterocycles. The summed E-state index contributed by atoms with van der Waals surface area (Å²) in [6, 6.07) is 11.1. The fraction of sp³-hybridized carbons (Fsp3) is 0.222. The molecule has 0 saturated heterocycles. The predicted molar refractivity (Wildman–Crippen MR) is 90.7 cm³/mol. The number of ether oxygens (including phenoxy) is 3. The summed E-state index contributed by atoms with van der Waals surface area (Å²) in [5.74, 6) is 1.70. The third-order valence-electron chi connectivity index (χ3n) is 3.67. The zero-order chi connectivity index (χ0) is 17.1. The molecule has 7 heteroatoms. The first-order chi connectivity index (χ1) is 12.3. The monoisotopic (exact) mass is 357 g/mol. The molecule has 0 fully saturated rings. The van der Waals surface area contributed by atoms with Gasteiger partial charge in [0.15, 0.2) is 17.3 Å². The first kappa shape index (κ1) is 15.7. The van der Waals surface area contributed by atoms with E-state index in [0.29, 0.717) is 30.4 Å². The minimum absolute atomic E-state index is 0.0816. The molecule has 3 heterocycles. The van der Waals surface area contributed by atoms with Crippen molar-refractivity contribution in [1.82, 2.24) is 5.16 Å². The van der Waals surface area contributed by atoms with Crippen LogP contribution >= 0.6 is 11.3 Å². The molecule has 0 spiro atoms. The first-order valence-corrected chi connectivity index (χ1v) is 8.69. The molecule has 0 saturated carbocycles. The second kappa shape index (κ2) is 6.98. The molecule has 4 rings (SSSR count). The summed E-state index contributed by atoms with van der Waals surface area (Å²) in [5.41, 5.74) is 1.39. The van der Waals surface area contributed by atoms with Crippen molar-refractivity contribution in [1.29, 1.82) is 0 Å². The maximum atomic E-state index is 11.8. The van der Waals surface area contributed by atoms with Crippen LogP contribution in [-0.4, -0.2) is 24.3 Å². The van der Waals surface area contributed by atoms with E-state index in [-0.39, 0.29) is 19.0 Å². The molecule has 2 aromatic heterocycles. The van der Waals surface area contributed by atoms with Gasteiger partial charge in [-0.2, -0.15) is 0 Å². The molecule has 128 valence electrons. The van der Waals surface area contributed by atoms with E-state index in [9.17, 15) is 4.79 Å². The number of rotatable bonds is 5. The van der Waals surface area contributed by atoms with Gasteiger partial charge < -0.3 is 18.7 Å². The highest BCUT2D eigenvalue weighted by molar-refractivity contribution is 7.10. The lowest BCUT2D eigenvalue weighted by molar-refractivity contribution is -0.144. The molecule has 3 aromatic rings. The van der Waals surface area contributed by atoms with E-state index >= 15 is 0 Å². The fourth-order valence-corrected chi connectivity index (χ4v) is 3.16. The molecule has 0 amide bonds. The molecule has 1 aliphatic rings. The lowest BCUT2D eigenvalue weighted by Gasteiger charge is -2.18. The van der Waals surface area contributed by atoms with Crippen molar-refractivity contribution in [3.63, 3.8) is 0 Å². The molecule has 0 N–H and O–H groups in total. The predicted octanol–water partition coefficient (Wildman–Crippen LogP) is 3.46. The molecule has 0 bridgehead atoms. The number of hydrogen-bond donors (Lipinski definition) is 0. The summed E-state index contributed by atoms with van der Waals surface area (Å²) < 4.78 is 21.7. The standard InChI is InChI=1S/C18H15NO5S/c20-18(10-14-2-1-7-25-14)23-11-13-9-16(24-19-13)12-3-4-15-17(8-12)22-6-5-21-15/h1-4,7-9H,5-6,10-11H2. The smallest absolute Gasteiger partial charge is 0.311 e. The summed E-state index contributed by atoms with van der Waals surface area (Å²) in [6.45, 7) is 1.16. The van der Waals surface area contributed by atoms with Crippen molar-refractivity contribution in [2.45, 2.75) is 13.0 Å². The van der Waals surface area contributed by atoms with Crippen LogP contribution in [0.3, 0.4) is 0 Å². The Bertz CT molecular complexity index is 871. The number of benzene rings is 1. The van der Waals surface area contributed by atoms with Crippen LogP contribution in [0.15, 0.2) is 46.3 Å². The van der Waals surface area contributed by atoms with Gasteiger partial charge in [0.05, 0.1) is 6.42 Å². The SMILES string of the molecule is O=C(Cc1cccs1)OCc1cc(-c2ccc3c(c2)OCCO3)on1. The van der Waals surface area contributed by atoms with Gasteiger partial charge in [-0.3, -0.25) is 4.79 Å². The summed E-state index contributed by atoms with van der Waals surface area (Å²) in [4.78, 5) is 12.8. The average Bonchev–Trinajstić information content (AvgIpc) is 3.31. The zero-order valence-electron chi connectivity index (χ0n) is 13.3. The van der Waals surface area contributed by atoms with E-state index < -0.39 is 0 Å². The second-order valence-electron chi connectivity index (χ2n) is 5.46. The molecule has 1 aromatic carbocycles. The molecular weight excluding hydrogens is 342 g/mol. The van der Waals surface area contributed by atoms with Gasteiger partial charge in [-0.25, -0.2) is 0 Å². The van der Waals surface area contributed by atoms with E-state index in [2.05, 4.69) is 5.16 Å². The Balaban J connectivity index is 1.39. The number of esters is 1. The van der Waals surface area contributed by atoms with E-state index in [1.807, 2.05) is 35.7 Å². The van der Waals surface area contributed by atoms with Crippen molar-refractivity contribution < 1.29 is 23.5 Å². The van der Waals surface area contributed by atoms with Gasteiger partial charge >= 0.3 is 5.97 Å². The Morgan fingerprint density at radius 2 is 2.04 bits per heavy atom. The van der Waals surface area contributed by atoms with Crippen LogP contribution in [-0.2, 0) is 22.6 Å². The number of thiophene rings is 1. The van der Waals surface area contributed by atoms with Crippen LogP contribution in [0.2, 0.25) is 0 Å². The van der Waals surface area contributed by atoms with Gasteiger partial charge in [0.1, 0.15) is 25.5 Å². The normalized spacial score (nSPS) is 12.8. The van der Waals surface area contributed by atoms with Crippen molar-refractivity contribution in [2.24, 2.45) is 0 Å². The van der Waals surface area contributed by atoms with Gasteiger partial charge in [0.2, 0.25) is 0 Å².